The molecule has 1 rings (SSSR count). The Labute approximate surface area is 98.6 Å². The molecule has 0 aliphatic rings. The highest BCUT2D eigenvalue weighted by molar-refractivity contribution is 7.85. The molecule has 0 heterocycles. The lowest BCUT2D eigenvalue weighted by Gasteiger charge is -2.06. The third-order valence-electron chi connectivity index (χ3n) is 1.81. The monoisotopic (exact) mass is 252 g/mol. The van der Waals surface area contributed by atoms with Gasteiger partial charge < -0.3 is 4.74 Å². The summed E-state index contributed by atoms with van der Waals surface area (Å²) in [5, 5.41) is 8.77. The van der Waals surface area contributed by atoms with Crippen LogP contribution in [0, 0.1) is 17.9 Å². The molecule has 0 saturated carbocycles. The summed E-state index contributed by atoms with van der Waals surface area (Å²) in [6.45, 7) is 6.51. The number of ether oxygens (including phenoxy) is 1. The van der Waals surface area contributed by atoms with Crippen LogP contribution in [0.25, 0.3) is 4.85 Å². The minimum Gasteiger partial charge on any atom is -0.492 e. The van der Waals surface area contributed by atoms with Crippen LogP contribution in [0.4, 0.5) is 5.69 Å². The second-order valence-electron chi connectivity index (χ2n) is 3.04. The first kappa shape index (κ1) is 13.0. The Balaban J connectivity index is 2.83. The molecule has 7 heteroatoms. The number of benzene rings is 1. The lowest BCUT2D eigenvalue weighted by atomic mass is 10.2. The van der Waals surface area contributed by atoms with Crippen LogP contribution in [-0.4, -0.2) is 25.3 Å². The van der Waals surface area contributed by atoms with Gasteiger partial charge in [-0.25, -0.2) is 4.85 Å². The van der Waals surface area contributed by atoms with Crippen LogP contribution in [0.5, 0.6) is 5.75 Å². The van der Waals surface area contributed by atoms with Gasteiger partial charge in [-0.3, -0.25) is 4.55 Å². The fourth-order valence-electron chi connectivity index (χ4n) is 1.05. The van der Waals surface area contributed by atoms with E-state index in [1.165, 1.54) is 18.2 Å². The van der Waals surface area contributed by atoms with Gasteiger partial charge in [-0.1, -0.05) is 12.1 Å². The zero-order valence-electron chi connectivity index (χ0n) is 8.62. The predicted molar refractivity (Wildman–Crippen MR) is 59.3 cm³/mol. The van der Waals surface area contributed by atoms with Gasteiger partial charge >= 0.3 is 0 Å². The van der Waals surface area contributed by atoms with Gasteiger partial charge in [-0.2, -0.15) is 13.7 Å². The molecule has 1 aromatic rings. The van der Waals surface area contributed by atoms with Crippen molar-refractivity contribution in [3.63, 3.8) is 0 Å². The summed E-state index contributed by atoms with van der Waals surface area (Å²) in [6.07, 6.45) is 0. The minimum atomic E-state index is -4.10. The summed E-state index contributed by atoms with van der Waals surface area (Å²) in [6, 6.07) is 6.07. The molecule has 0 atom stereocenters. The summed E-state index contributed by atoms with van der Waals surface area (Å²) >= 11 is 0. The molecule has 88 valence electrons. The van der Waals surface area contributed by atoms with E-state index < -0.39 is 15.9 Å². The van der Waals surface area contributed by atoms with Crippen LogP contribution in [0.3, 0.4) is 0 Å². The van der Waals surface area contributed by atoms with Gasteiger partial charge in [0.2, 0.25) is 0 Å². The largest absolute Gasteiger partial charge is 0.492 e. The van der Waals surface area contributed by atoms with Gasteiger partial charge in [0.05, 0.1) is 12.1 Å². The Morgan fingerprint density at radius 2 is 2.24 bits per heavy atom. The van der Waals surface area contributed by atoms with Crippen molar-refractivity contribution < 1.29 is 17.7 Å². The van der Waals surface area contributed by atoms with E-state index in [1.54, 1.807) is 0 Å². The maximum Gasteiger partial charge on any atom is 0.268 e. The van der Waals surface area contributed by atoms with Crippen molar-refractivity contribution in [3.05, 3.63) is 35.2 Å². The van der Waals surface area contributed by atoms with Gasteiger partial charge in [-0.05, 0) is 6.07 Å². The van der Waals surface area contributed by atoms with Crippen molar-refractivity contribution in [2.75, 3.05) is 12.4 Å². The molecule has 0 radical (unpaired) electrons. The van der Waals surface area contributed by atoms with Crippen molar-refractivity contribution >= 4 is 15.8 Å². The van der Waals surface area contributed by atoms with E-state index in [9.17, 15) is 8.42 Å². The van der Waals surface area contributed by atoms with Crippen molar-refractivity contribution in [2.24, 2.45) is 0 Å². The van der Waals surface area contributed by atoms with Gasteiger partial charge in [0.15, 0.2) is 5.69 Å². The highest BCUT2D eigenvalue weighted by atomic mass is 32.2. The zero-order valence-corrected chi connectivity index (χ0v) is 9.44. The topological polar surface area (TPSA) is 91.8 Å². The average molecular weight is 252 g/mol. The molecule has 0 bridgehead atoms. The first-order chi connectivity index (χ1) is 7.96. The first-order valence-electron chi connectivity index (χ1n) is 4.46. The second kappa shape index (κ2) is 5.30. The second-order valence-corrected chi connectivity index (χ2v) is 4.61. The quantitative estimate of drug-likeness (QED) is 0.645. The van der Waals surface area contributed by atoms with Gasteiger partial charge in [0.25, 0.3) is 10.1 Å². The van der Waals surface area contributed by atoms with E-state index >= 15 is 0 Å². The van der Waals surface area contributed by atoms with E-state index in [2.05, 4.69) is 4.85 Å². The van der Waals surface area contributed by atoms with Crippen molar-refractivity contribution in [1.29, 1.82) is 5.26 Å². The van der Waals surface area contributed by atoms with Crippen LogP contribution in [-0.2, 0) is 10.1 Å². The van der Waals surface area contributed by atoms with E-state index in [0.717, 1.165) is 0 Å². The summed E-state index contributed by atoms with van der Waals surface area (Å²) in [5.74, 6) is -0.440. The first-order valence-corrected chi connectivity index (χ1v) is 6.07. The molecular formula is C10H8N2O4S. The molecule has 17 heavy (non-hydrogen) atoms. The lowest BCUT2D eigenvalue weighted by molar-refractivity contribution is 0.335. The molecule has 0 aromatic heterocycles. The predicted octanol–water partition coefficient (Wildman–Crippen LogP) is 1.38. The lowest BCUT2D eigenvalue weighted by Crippen LogP contribution is -2.12. The molecule has 6 nitrogen and oxygen atoms in total. The van der Waals surface area contributed by atoms with Crippen molar-refractivity contribution in [2.45, 2.75) is 0 Å². The van der Waals surface area contributed by atoms with Crippen LogP contribution in [0.2, 0.25) is 0 Å². The smallest absolute Gasteiger partial charge is 0.268 e. The summed E-state index contributed by atoms with van der Waals surface area (Å²) in [4.78, 5) is 3.16. The number of rotatable bonds is 4. The highest BCUT2D eigenvalue weighted by Gasteiger charge is 2.08. The fourth-order valence-corrected chi connectivity index (χ4v) is 1.34. The third kappa shape index (κ3) is 4.11. The average Bonchev–Trinajstić information content (AvgIpc) is 2.27. The normalized spacial score (nSPS) is 10.3. The van der Waals surface area contributed by atoms with Crippen LogP contribution >= 0.6 is 0 Å². The number of nitriles is 1. The van der Waals surface area contributed by atoms with Crippen molar-refractivity contribution in [1.82, 2.24) is 0 Å². The Kier molecular flexibility index (Phi) is 4.05. The summed E-state index contributed by atoms with van der Waals surface area (Å²) in [5.41, 5.74) is 0.485. The molecule has 0 saturated heterocycles. The third-order valence-corrected chi connectivity index (χ3v) is 2.50. The number of hydrogen-bond acceptors (Lipinski definition) is 4. The Morgan fingerprint density at radius 3 is 2.76 bits per heavy atom. The molecule has 0 fully saturated rings. The number of hydrogen-bond donors (Lipinski definition) is 1. The fraction of sp³-hybridized carbons (Fsp3) is 0.200. The summed E-state index contributed by atoms with van der Waals surface area (Å²) < 4.78 is 34.5. The van der Waals surface area contributed by atoms with Gasteiger partial charge in [0.1, 0.15) is 24.2 Å². The molecular weight excluding hydrogens is 244 g/mol. The van der Waals surface area contributed by atoms with Crippen molar-refractivity contribution in [3.8, 4) is 11.8 Å². The molecule has 0 aliphatic heterocycles. The maximum absolute atomic E-state index is 10.5. The molecule has 1 aromatic carbocycles. The van der Waals surface area contributed by atoms with E-state index in [-0.39, 0.29) is 23.6 Å². The van der Waals surface area contributed by atoms with Crippen LogP contribution in [0.1, 0.15) is 5.56 Å². The van der Waals surface area contributed by atoms with E-state index in [1.807, 2.05) is 6.07 Å². The zero-order chi connectivity index (χ0) is 12.9. The highest BCUT2D eigenvalue weighted by Crippen LogP contribution is 2.24. The van der Waals surface area contributed by atoms with E-state index in [4.69, 9.17) is 21.1 Å². The maximum atomic E-state index is 10.5. The van der Waals surface area contributed by atoms with Gasteiger partial charge in [0, 0.05) is 0 Å². The Hall–Kier alpha value is -2.09. The van der Waals surface area contributed by atoms with Crippen LogP contribution in [0.15, 0.2) is 18.2 Å². The molecule has 0 aliphatic carbocycles. The molecule has 0 unspecified atom stereocenters. The Bertz CT molecular complexity index is 596. The minimum absolute atomic E-state index is 0.129. The van der Waals surface area contributed by atoms with Gasteiger partial charge in [-0.15, -0.1) is 0 Å². The standard InChI is InChI=1S/C10H8N2O4S/c1-12-9-3-2-8(7-11)10(6-9)16-4-5-17(13,14)15/h2-3,6H,4-5H2,(H,13,14,15). The molecule has 0 amide bonds. The Morgan fingerprint density at radius 1 is 1.53 bits per heavy atom. The molecule has 0 spiro atoms. The molecule has 1 N–H and O–H groups in total. The number of nitrogens with zero attached hydrogens (tertiary/aromatic N) is 2. The SMILES string of the molecule is [C-]#[N+]c1ccc(C#N)c(OCCS(=O)(=O)O)c1. The summed E-state index contributed by atoms with van der Waals surface area (Å²) in [7, 11) is -4.10. The van der Waals surface area contributed by atoms with Crippen LogP contribution < -0.4 is 4.74 Å². The van der Waals surface area contributed by atoms with E-state index in [0.29, 0.717) is 0 Å².